The van der Waals surface area contributed by atoms with Crippen LogP contribution in [0.1, 0.15) is 22.3 Å². The van der Waals surface area contributed by atoms with Crippen molar-refractivity contribution in [2.24, 2.45) is 0 Å². The molecular weight excluding hydrogens is 747 g/mol. The van der Waals surface area contributed by atoms with Gasteiger partial charge in [-0.05, 0) is 142 Å². The van der Waals surface area contributed by atoms with Crippen LogP contribution in [-0.2, 0) is 5.41 Å². The molecule has 11 aromatic carbocycles. The topological polar surface area (TPSA) is 3.24 Å². The van der Waals surface area contributed by atoms with Crippen LogP contribution in [0.25, 0.3) is 76.8 Å². The molecule has 1 spiro atoms. The van der Waals surface area contributed by atoms with Crippen molar-refractivity contribution in [1.82, 2.24) is 0 Å². The quantitative estimate of drug-likeness (QED) is 0.157. The van der Waals surface area contributed by atoms with Crippen molar-refractivity contribution in [3.8, 4) is 44.5 Å². The zero-order valence-electron chi connectivity index (χ0n) is 34.0. The van der Waals surface area contributed by atoms with Gasteiger partial charge in [0.15, 0.2) is 0 Å². The molecule has 11 aromatic rings. The average molecular weight is 786 g/mol. The van der Waals surface area contributed by atoms with E-state index in [0.29, 0.717) is 0 Å². The second-order valence-corrected chi connectivity index (χ2v) is 16.8. The minimum absolute atomic E-state index is 0.372. The Kier molecular flexibility index (Phi) is 7.59. The van der Waals surface area contributed by atoms with E-state index < -0.39 is 0 Å². The Hall–Kier alpha value is -8.00. The van der Waals surface area contributed by atoms with Gasteiger partial charge in [-0.2, -0.15) is 0 Å². The van der Waals surface area contributed by atoms with Crippen LogP contribution in [0, 0.1) is 0 Å². The van der Waals surface area contributed by atoms with Crippen LogP contribution in [0.5, 0.6) is 0 Å². The van der Waals surface area contributed by atoms with Crippen LogP contribution in [0.3, 0.4) is 0 Å². The highest BCUT2D eigenvalue weighted by Gasteiger charge is 2.51. The number of anilines is 3. The number of rotatable bonds is 5. The summed E-state index contributed by atoms with van der Waals surface area (Å²) in [6.07, 6.45) is 0. The predicted molar refractivity (Wildman–Crippen MR) is 261 cm³/mol. The van der Waals surface area contributed by atoms with Crippen molar-refractivity contribution in [3.05, 3.63) is 259 Å². The first-order valence-electron chi connectivity index (χ1n) is 21.6. The van der Waals surface area contributed by atoms with E-state index in [1.54, 1.807) is 0 Å². The molecule has 1 heteroatoms. The molecule has 0 fully saturated rings. The second kappa shape index (κ2) is 13.5. The van der Waals surface area contributed by atoms with E-state index >= 15 is 0 Å². The number of benzene rings is 11. The third-order valence-corrected chi connectivity index (χ3v) is 13.7. The Balaban J connectivity index is 0.961. The predicted octanol–water partition coefficient (Wildman–Crippen LogP) is 16.3. The molecule has 288 valence electrons. The van der Waals surface area contributed by atoms with E-state index in [4.69, 9.17) is 0 Å². The van der Waals surface area contributed by atoms with Gasteiger partial charge in [0.1, 0.15) is 0 Å². The molecule has 2 aliphatic rings. The van der Waals surface area contributed by atoms with Gasteiger partial charge >= 0.3 is 0 Å². The van der Waals surface area contributed by atoms with Crippen molar-refractivity contribution in [1.29, 1.82) is 0 Å². The lowest BCUT2D eigenvalue weighted by Crippen LogP contribution is -2.25. The first-order chi connectivity index (χ1) is 30.8. The van der Waals surface area contributed by atoms with Gasteiger partial charge in [0.2, 0.25) is 0 Å². The number of hydrogen-bond acceptors (Lipinski definition) is 1. The molecule has 13 rings (SSSR count). The fourth-order valence-electron chi connectivity index (χ4n) is 11.0. The standard InChI is InChI=1S/C61H39N/c1-2-14-40(15-3-1)41-26-31-44(32-27-41)62(46-35-37-51-49-18-5-4-16-47(49)48-17-6-7-19-50(48)56(51)39-46)45-33-28-42(29-34-45)43-30-36-55-54-22-10-13-25-59(54)61(60(55)38-43)57-23-11-8-20-52(57)53-21-9-12-24-58(53)61/h1-39H. The lowest BCUT2D eigenvalue weighted by molar-refractivity contribution is 0.794. The third kappa shape index (κ3) is 4.97. The summed E-state index contributed by atoms with van der Waals surface area (Å²) in [5.41, 5.74) is 18.5. The second-order valence-electron chi connectivity index (χ2n) is 16.8. The SMILES string of the molecule is c1ccc(-c2ccc(N(c3ccc(-c4ccc5c(c4)C4(c6ccccc6-c6ccccc64)c4ccccc4-5)cc3)c3ccc4c5ccccc5c5ccccc5c4c3)cc2)cc1. The highest BCUT2D eigenvalue weighted by Crippen LogP contribution is 2.63. The Morgan fingerprint density at radius 1 is 0.226 bits per heavy atom. The zero-order chi connectivity index (χ0) is 40.8. The van der Waals surface area contributed by atoms with Crippen LogP contribution >= 0.6 is 0 Å². The molecule has 0 N–H and O–H groups in total. The van der Waals surface area contributed by atoms with Gasteiger partial charge in [0.25, 0.3) is 0 Å². The Morgan fingerprint density at radius 2 is 0.597 bits per heavy atom. The lowest BCUT2D eigenvalue weighted by atomic mass is 9.70. The minimum atomic E-state index is -0.372. The molecule has 62 heavy (non-hydrogen) atoms. The number of fused-ring (bicyclic) bond motifs is 16. The highest BCUT2D eigenvalue weighted by molar-refractivity contribution is 6.25. The largest absolute Gasteiger partial charge is 0.310 e. The first kappa shape index (κ1) is 34.8. The van der Waals surface area contributed by atoms with Gasteiger partial charge in [0.05, 0.1) is 5.41 Å². The Morgan fingerprint density at radius 3 is 1.13 bits per heavy atom. The summed E-state index contributed by atoms with van der Waals surface area (Å²) in [6, 6.07) is 87.7. The molecule has 0 unspecified atom stereocenters. The molecule has 0 aliphatic heterocycles. The summed E-state index contributed by atoms with van der Waals surface area (Å²) in [6.45, 7) is 0. The average Bonchev–Trinajstić information content (AvgIpc) is 3.82. The molecule has 0 amide bonds. The third-order valence-electron chi connectivity index (χ3n) is 13.7. The smallest absolute Gasteiger partial charge is 0.0725 e. The summed E-state index contributed by atoms with van der Waals surface area (Å²) in [5, 5.41) is 7.63. The van der Waals surface area contributed by atoms with Gasteiger partial charge in [-0.1, -0.05) is 194 Å². The summed E-state index contributed by atoms with van der Waals surface area (Å²) in [7, 11) is 0. The summed E-state index contributed by atoms with van der Waals surface area (Å²) in [5.74, 6) is 0. The zero-order valence-corrected chi connectivity index (χ0v) is 34.0. The molecule has 0 atom stereocenters. The molecule has 0 saturated heterocycles. The normalized spacial score (nSPS) is 13.0. The molecule has 0 saturated carbocycles. The minimum Gasteiger partial charge on any atom is -0.310 e. The monoisotopic (exact) mass is 785 g/mol. The maximum absolute atomic E-state index is 2.47. The van der Waals surface area contributed by atoms with E-state index in [2.05, 4.69) is 241 Å². The summed E-state index contributed by atoms with van der Waals surface area (Å²) in [4.78, 5) is 2.41. The molecule has 2 aliphatic carbocycles. The number of nitrogens with zero attached hydrogens (tertiary/aromatic N) is 1. The molecule has 0 heterocycles. The van der Waals surface area contributed by atoms with Crippen molar-refractivity contribution in [2.45, 2.75) is 5.41 Å². The van der Waals surface area contributed by atoms with E-state index in [1.165, 1.54) is 99.1 Å². The van der Waals surface area contributed by atoms with Gasteiger partial charge in [-0.15, -0.1) is 0 Å². The van der Waals surface area contributed by atoms with Crippen LogP contribution < -0.4 is 4.90 Å². The fraction of sp³-hybridized carbons (Fsp3) is 0.0164. The maximum atomic E-state index is 2.47. The van der Waals surface area contributed by atoms with Crippen molar-refractivity contribution in [3.63, 3.8) is 0 Å². The van der Waals surface area contributed by atoms with Gasteiger partial charge in [-0.25, -0.2) is 0 Å². The van der Waals surface area contributed by atoms with E-state index in [9.17, 15) is 0 Å². The van der Waals surface area contributed by atoms with Crippen molar-refractivity contribution < 1.29 is 0 Å². The van der Waals surface area contributed by atoms with Crippen LogP contribution in [-0.4, -0.2) is 0 Å². The van der Waals surface area contributed by atoms with E-state index in [0.717, 1.165) is 17.1 Å². The maximum Gasteiger partial charge on any atom is 0.0725 e. The first-order valence-corrected chi connectivity index (χ1v) is 21.6. The summed E-state index contributed by atoms with van der Waals surface area (Å²) >= 11 is 0. The van der Waals surface area contributed by atoms with Crippen LogP contribution in [0.15, 0.2) is 237 Å². The summed E-state index contributed by atoms with van der Waals surface area (Å²) < 4.78 is 0. The Labute approximate surface area is 361 Å². The van der Waals surface area contributed by atoms with Crippen LogP contribution in [0.2, 0.25) is 0 Å². The molecule has 0 radical (unpaired) electrons. The van der Waals surface area contributed by atoms with E-state index in [-0.39, 0.29) is 5.41 Å². The number of hydrogen-bond donors (Lipinski definition) is 0. The van der Waals surface area contributed by atoms with Gasteiger partial charge in [0, 0.05) is 17.1 Å². The van der Waals surface area contributed by atoms with Crippen LogP contribution in [0.4, 0.5) is 17.1 Å². The lowest BCUT2D eigenvalue weighted by Gasteiger charge is -2.30. The fourth-order valence-corrected chi connectivity index (χ4v) is 11.0. The van der Waals surface area contributed by atoms with Crippen molar-refractivity contribution >= 4 is 49.4 Å². The van der Waals surface area contributed by atoms with Crippen molar-refractivity contribution in [2.75, 3.05) is 4.90 Å². The molecule has 1 nitrogen and oxygen atoms in total. The highest BCUT2D eigenvalue weighted by atomic mass is 15.1. The molecule has 0 aromatic heterocycles. The van der Waals surface area contributed by atoms with E-state index in [1.807, 2.05) is 0 Å². The van der Waals surface area contributed by atoms with Gasteiger partial charge in [-0.3, -0.25) is 0 Å². The van der Waals surface area contributed by atoms with Gasteiger partial charge < -0.3 is 4.90 Å². The Bertz CT molecular complexity index is 3460. The molecule has 0 bridgehead atoms. The molecular formula is C61H39N.